The van der Waals surface area contributed by atoms with E-state index in [2.05, 4.69) is 5.32 Å². The molecule has 2 aliphatic heterocycles. The fourth-order valence-corrected chi connectivity index (χ4v) is 4.96. The molecule has 2 heterocycles. The molecule has 0 saturated carbocycles. The van der Waals surface area contributed by atoms with Gasteiger partial charge in [0.2, 0.25) is 0 Å². The standard InChI is InChI=1S/C29H21F3N2O3/c1-34(2)20-11-12-23-26(16-20)36-25-13-10-19(33-18-7-5-6-17(14-18)29(30,31)32)15-24(25)28(23)22-9-4-3-8-21(22)27(35)37-28/h3-16,33H,1-2H3. The third-order valence-corrected chi connectivity index (χ3v) is 6.69. The number of alkyl halides is 3. The Morgan fingerprint density at radius 3 is 2.35 bits per heavy atom. The summed E-state index contributed by atoms with van der Waals surface area (Å²) in [6.07, 6.45) is -4.46. The van der Waals surface area contributed by atoms with Crippen molar-refractivity contribution in [2.24, 2.45) is 0 Å². The zero-order valence-corrected chi connectivity index (χ0v) is 19.9. The Morgan fingerprint density at radius 1 is 0.784 bits per heavy atom. The molecule has 1 atom stereocenters. The van der Waals surface area contributed by atoms with E-state index in [1.54, 1.807) is 36.4 Å². The number of ether oxygens (including phenoxy) is 2. The number of benzene rings is 4. The van der Waals surface area contributed by atoms with E-state index in [0.29, 0.717) is 39.4 Å². The molecule has 2 aliphatic rings. The number of carbonyl (C=O) groups is 1. The number of hydrogen-bond acceptors (Lipinski definition) is 5. The summed E-state index contributed by atoms with van der Waals surface area (Å²) < 4.78 is 52.2. The summed E-state index contributed by atoms with van der Waals surface area (Å²) in [5.41, 5.74) is 2.07. The summed E-state index contributed by atoms with van der Waals surface area (Å²) in [7, 11) is 3.84. The minimum atomic E-state index is -4.46. The molecule has 186 valence electrons. The summed E-state index contributed by atoms with van der Waals surface area (Å²) in [6, 6.07) is 23.1. The lowest BCUT2D eigenvalue weighted by atomic mass is 9.77. The van der Waals surface area contributed by atoms with Crippen molar-refractivity contribution in [1.82, 2.24) is 0 Å². The van der Waals surface area contributed by atoms with Crippen LogP contribution in [0.3, 0.4) is 0 Å². The van der Waals surface area contributed by atoms with E-state index in [9.17, 15) is 18.0 Å². The van der Waals surface area contributed by atoms with Gasteiger partial charge in [-0.15, -0.1) is 0 Å². The first-order chi connectivity index (χ1) is 17.7. The quantitative estimate of drug-likeness (QED) is 0.303. The summed E-state index contributed by atoms with van der Waals surface area (Å²) in [5.74, 6) is 0.589. The van der Waals surface area contributed by atoms with Crippen LogP contribution in [0, 0.1) is 0 Å². The molecular weight excluding hydrogens is 481 g/mol. The summed E-state index contributed by atoms with van der Waals surface area (Å²) in [5, 5.41) is 3.05. The summed E-state index contributed by atoms with van der Waals surface area (Å²) in [4.78, 5) is 15.0. The Hall–Kier alpha value is -4.46. The van der Waals surface area contributed by atoms with Crippen LogP contribution >= 0.6 is 0 Å². The van der Waals surface area contributed by atoms with Gasteiger partial charge < -0.3 is 19.7 Å². The molecule has 0 radical (unpaired) electrons. The highest BCUT2D eigenvalue weighted by atomic mass is 19.4. The molecule has 1 N–H and O–H groups in total. The van der Waals surface area contributed by atoms with Crippen LogP contribution in [-0.2, 0) is 16.5 Å². The number of anilines is 3. The highest BCUT2D eigenvalue weighted by Gasteiger charge is 2.53. The second kappa shape index (κ2) is 8.03. The second-order valence-electron chi connectivity index (χ2n) is 9.21. The van der Waals surface area contributed by atoms with E-state index < -0.39 is 23.3 Å². The van der Waals surface area contributed by atoms with Crippen LogP contribution in [0.2, 0.25) is 0 Å². The molecule has 1 unspecified atom stereocenters. The Labute approximate surface area is 211 Å². The van der Waals surface area contributed by atoms with Gasteiger partial charge in [-0.25, -0.2) is 4.79 Å². The highest BCUT2D eigenvalue weighted by Crippen LogP contribution is 2.57. The van der Waals surface area contributed by atoms with E-state index >= 15 is 0 Å². The van der Waals surface area contributed by atoms with Crippen LogP contribution in [-0.4, -0.2) is 20.1 Å². The van der Waals surface area contributed by atoms with Crippen molar-refractivity contribution < 1.29 is 27.4 Å². The average molecular weight is 502 g/mol. The van der Waals surface area contributed by atoms with Crippen molar-refractivity contribution in [3.8, 4) is 11.5 Å². The van der Waals surface area contributed by atoms with Gasteiger partial charge in [-0.2, -0.15) is 13.2 Å². The summed E-state index contributed by atoms with van der Waals surface area (Å²) >= 11 is 0. The minimum absolute atomic E-state index is 0.278. The number of esters is 1. The molecule has 8 heteroatoms. The van der Waals surface area contributed by atoms with Crippen molar-refractivity contribution >= 4 is 23.0 Å². The Kier molecular flexibility index (Phi) is 4.98. The van der Waals surface area contributed by atoms with Crippen molar-refractivity contribution in [1.29, 1.82) is 0 Å². The number of fused-ring (bicyclic) bond motifs is 6. The number of rotatable bonds is 3. The maximum absolute atomic E-state index is 13.2. The smallest absolute Gasteiger partial charge is 0.416 e. The van der Waals surface area contributed by atoms with Crippen LogP contribution in [0.1, 0.15) is 32.6 Å². The SMILES string of the molecule is CN(C)c1ccc2c(c1)Oc1ccc(Nc3cccc(C(F)(F)F)c3)cc1C21OC(=O)c2ccccc21. The topological polar surface area (TPSA) is 50.8 Å². The molecule has 0 fully saturated rings. The molecule has 0 aliphatic carbocycles. The van der Waals surface area contributed by atoms with E-state index in [1.807, 2.05) is 49.3 Å². The van der Waals surface area contributed by atoms with Gasteiger partial charge in [0.05, 0.1) is 11.1 Å². The zero-order chi connectivity index (χ0) is 25.9. The van der Waals surface area contributed by atoms with Gasteiger partial charge in [0, 0.05) is 53.9 Å². The molecule has 0 aromatic heterocycles. The molecule has 5 nitrogen and oxygen atoms in total. The van der Waals surface area contributed by atoms with Crippen molar-refractivity contribution in [3.63, 3.8) is 0 Å². The van der Waals surface area contributed by atoms with Crippen LogP contribution in [0.4, 0.5) is 30.2 Å². The number of nitrogens with one attached hydrogen (secondary N) is 1. The van der Waals surface area contributed by atoms with E-state index in [4.69, 9.17) is 9.47 Å². The number of nitrogens with zero attached hydrogens (tertiary/aromatic N) is 1. The van der Waals surface area contributed by atoms with Crippen LogP contribution in [0.25, 0.3) is 0 Å². The molecule has 0 amide bonds. The maximum Gasteiger partial charge on any atom is 0.416 e. The normalized spacial score (nSPS) is 17.4. The molecular formula is C29H21F3N2O3. The van der Waals surface area contributed by atoms with E-state index in [-0.39, 0.29) is 5.69 Å². The van der Waals surface area contributed by atoms with Crippen molar-refractivity contribution in [2.45, 2.75) is 11.8 Å². The lowest BCUT2D eigenvalue weighted by molar-refractivity contribution is -0.137. The van der Waals surface area contributed by atoms with Crippen LogP contribution in [0.15, 0.2) is 84.9 Å². The first kappa shape index (κ1) is 23.0. The Morgan fingerprint density at radius 2 is 1.57 bits per heavy atom. The van der Waals surface area contributed by atoms with E-state index in [1.165, 1.54) is 6.07 Å². The molecule has 6 rings (SSSR count). The first-order valence-corrected chi connectivity index (χ1v) is 11.6. The van der Waals surface area contributed by atoms with Crippen LogP contribution < -0.4 is 15.0 Å². The van der Waals surface area contributed by atoms with Gasteiger partial charge in [0.15, 0.2) is 5.60 Å². The van der Waals surface area contributed by atoms with Gasteiger partial charge >= 0.3 is 12.1 Å². The van der Waals surface area contributed by atoms with Gasteiger partial charge in [-0.05, 0) is 54.6 Å². The Bertz CT molecular complexity index is 1560. The summed E-state index contributed by atoms with van der Waals surface area (Å²) in [6.45, 7) is 0. The lowest BCUT2D eigenvalue weighted by Gasteiger charge is -2.37. The van der Waals surface area contributed by atoms with Gasteiger partial charge in [0.1, 0.15) is 11.5 Å². The largest absolute Gasteiger partial charge is 0.456 e. The Balaban J connectivity index is 1.52. The van der Waals surface area contributed by atoms with Crippen molar-refractivity contribution in [3.05, 3.63) is 113 Å². The predicted octanol–water partition coefficient (Wildman–Crippen LogP) is 7.08. The van der Waals surface area contributed by atoms with Gasteiger partial charge in [-0.1, -0.05) is 24.3 Å². The molecule has 4 aromatic carbocycles. The maximum atomic E-state index is 13.2. The number of hydrogen-bond donors (Lipinski definition) is 1. The van der Waals surface area contributed by atoms with Crippen molar-refractivity contribution in [2.75, 3.05) is 24.3 Å². The fourth-order valence-electron chi connectivity index (χ4n) is 4.96. The number of halogens is 3. The van der Waals surface area contributed by atoms with Gasteiger partial charge in [0.25, 0.3) is 0 Å². The molecule has 37 heavy (non-hydrogen) atoms. The second-order valence-corrected chi connectivity index (χ2v) is 9.21. The van der Waals surface area contributed by atoms with Crippen LogP contribution in [0.5, 0.6) is 11.5 Å². The lowest BCUT2D eigenvalue weighted by Crippen LogP contribution is -2.33. The predicted molar refractivity (Wildman–Crippen MR) is 134 cm³/mol. The third-order valence-electron chi connectivity index (χ3n) is 6.69. The molecule has 0 bridgehead atoms. The number of carbonyl (C=O) groups excluding carboxylic acids is 1. The highest BCUT2D eigenvalue weighted by molar-refractivity contribution is 5.97. The van der Waals surface area contributed by atoms with Gasteiger partial charge in [-0.3, -0.25) is 0 Å². The molecule has 1 spiro atoms. The molecule has 0 saturated heterocycles. The minimum Gasteiger partial charge on any atom is -0.456 e. The zero-order valence-electron chi connectivity index (χ0n) is 19.9. The fraction of sp³-hybridized carbons (Fsp3) is 0.138. The average Bonchev–Trinajstić information content (AvgIpc) is 3.17. The third kappa shape index (κ3) is 3.59. The molecule has 4 aromatic rings. The monoisotopic (exact) mass is 502 g/mol. The van der Waals surface area contributed by atoms with E-state index in [0.717, 1.165) is 17.8 Å². The first-order valence-electron chi connectivity index (χ1n) is 11.6.